The number of hydrogen-bond donors (Lipinski definition) is 1. The van der Waals surface area contributed by atoms with Crippen molar-refractivity contribution in [2.24, 2.45) is 0 Å². The van der Waals surface area contributed by atoms with Crippen molar-refractivity contribution in [3.63, 3.8) is 0 Å². The number of thiophene rings is 1. The van der Waals surface area contributed by atoms with Gasteiger partial charge in [0.1, 0.15) is 0 Å². The van der Waals surface area contributed by atoms with Crippen LogP contribution in [0.2, 0.25) is 0 Å². The lowest BCUT2D eigenvalue weighted by Crippen LogP contribution is -2.55. The summed E-state index contributed by atoms with van der Waals surface area (Å²) in [6.45, 7) is 5.17. The van der Waals surface area contributed by atoms with Crippen molar-refractivity contribution in [1.82, 2.24) is 4.90 Å². The molecule has 21 heavy (non-hydrogen) atoms. The van der Waals surface area contributed by atoms with Crippen LogP contribution < -0.4 is 0 Å². The Hall–Kier alpha value is -0.750. The topological polar surface area (TPSA) is 49.8 Å². The number of carbonyl (C=O) groups is 1. The van der Waals surface area contributed by atoms with Gasteiger partial charge in [-0.2, -0.15) is 0 Å². The highest BCUT2D eigenvalue weighted by Crippen LogP contribution is 2.35. The minimum absolute atomic E-state index is 0.141. The number of hydrogen-bond acceptors (Lipinski definition) is 5. The largest absolute Gasteiger partial charge is 0.390 e. The lowest BCUT2D eigenvalue weighted by Gasteiger charge is -2.46. The summed E-state index contributed by atoms with van der Waals surface area (Å²) in [5.41, 5.74) is 0.916. The van der Waals surface area contributed by atoms with E-state index in [2.05, 4.69) is 10.3 Å². The number of carbonyl (C=O) groups excluding carboxylic acids is 1. The first kappa shape index (κ1) is 15.2. The van der Waals surface area contributed by atoms with Gasteiger partial charge >= 0.3 is 0 Å². The molecule has 1 atom stereocenters. The Morgan fingerprint density at radius 1 is 1.52 bits per heavy atom. The van der Waals surface area contributed by atoms with Gasteiger partial charge in [-0.05, 0) is 49.6 Å². The number of aliphatic hydroxyl groups is 1. The van der Waals surface area contributed by atoms with Crippen LogP contribution in [0.1, 0.15) is 47.8 Å². The summed E-state index contributed by atoms with van der Waals surface area (Å²) in [5, 5.41) is 12.3. The summed E-state index contributed by atoms with van der Waals surface area (Å²) in [7, 11) is 0. The first-order valence-electron chi connectivity index (χ1n) is 7.72. The maximum atomic E-state index is 11.3. The average molecular weight is 309 g/mol. The Kier molecular flexibility index (Phi) is 4.45. The van der Waals surface area contributed by atoms with Crippen LogP contribution in [-0.4, -0.2) is 47.2 Å². The smallest absolute Gasteiger partial charge is 0.169 e. The first-order chi connectivity index (χ1) is 10.1. The second-order valence-electron chi connectivity index (χ2n) is 6.22. The fourth-order valence-corrected chi connectivity index (χ4v) is 4.19. The Bertz CT molecular complexity index is 505. The zero-order valence-corrected chi connectivity index (χ0v) is 13.3. The Morgan fingerprint density at radius 3 is 2.90 bits per heavy atom. The highest BCUT2D eigenvalue weighted by atomic mass is 32.1. The molecule has 5 heteroatoms. The number of Topliss-reactive ketones (excluding diaryl/α,β-unsaturated/α-hetero) is 1. The van der Waals surface area contributed by atoms with E-state index < -0.39 is 0 Å². The van der Waals surface area contributed by atoms with Gasteiger partial charge in [0, 0.05) is 26.2 Å². The summed E-state index contributed by atoms with van der Waals surface area (Å²) >= 11 is 1.53. The van der Waals surface area contributed by atoms with Gasteiger partial charge in [-0.3, -0.25) is 9.69 Å². The van der Waals surface area contributed by atoms with Gasteiger partial charge in [0.2, 0.25) is 0 Å². The van der Waals surface area contributed by atoms with Gasteiger partial charge in [-0.15, -0.1) is 11.3 Å². The molecule has 0 saturated carbocycles. The number of nitrogens with zero attached hydrogens (tertiary/aromatic N) is 1. The van der Waals surface area contributed by atoms with Gasteiger partial charge < -0.3 is 9.84 Å². The van der Waals surface area contributed by atoms with Crippen molar-refractivity contribution in [1.29, 1.82) is 0 Å². The zero-order chi connectivity index (χ0) is 14.9. The zero-order valence-electron chi connectivity index (χ0n) is 12.5. The SMILES string of the molecule is CC(=O)c1cc(CN2CCC3(CC2)OCCCC3O)cs1. The summed E-state index contributed by atoms with van der Waals surface area (Å²) in [6, 6.07) is 2.00. The molecular weight excluding hydrogens is 286 g/mol. The van der Waals surface area contributed by atoms with Crippen LogP contribution in [0.25, 0.3) is 0 Å². The monoisotopic (exact) mass is 309 g/mol. The molecule has 1 N–H and O–H groups in total. The fraction of sp³-hybridized carbons (Fsp3) is 0.688. The molecule has 116 valence electrons. The van der Waals surface area contributed by atoms with E-state index in [1.54, 1.807) is 6.92 Å². The van der Waals surface area contributed by atoms with Gasteiger partial charge in [-0.25, -0.2) is 0 Å². The summed E-state index contributed by atoms with van der Waals surface area (Å²) in [6.07, 6.45) is 3.33. The molecule has 1 unspecified atom stereocenters. The third-order valence-electron chi connectivity index (χ3n) is 4.73. The minimum Gasteiger partial charge on any atom is -0.390 e. The molecule has 2 saturated heterocycles. The van der Waals surface area contributed by atoms with Crippen LogP contribution in [0.3, 0.4) is 0 Å². The van der Waals surface area contributed by atoms with Crippen LogP contribution >= 0.6 is 11.3 Å². The Labute approximate surface area is 129 Å². The molecule has 1 aromatic rings. The minimum atomic E-state index is -0.307. The predicted octanol–water partition coefficient (Wildman–Crippen LogP) is 2.46. The van der Waals surface area contributed by atoms with Crippen molar-refractivity contribution in [2.75, 3.05) is 19.7 Å². The molecule has 0 radical (unpaired) electrons. The Morgan fingerprint density at radius 2 is 2.29 bits per heavy atom. The molecular formula is C16H23NO3S. The van der Waals surface area contributed by atoms with Crippen LogP contribution in [0.5, 0.6) is 0 Å². The van der Waals surface area contributed by atoms with Crippen LogP contribution in [-0.2, 0) is 11.3 Å². The summed E-state index contributed by atoms with van der Waals surface area (Å²) in [4.78, 5) is 14.6. The maximum absolute atomic E-state index is 11.3. The molecule has 2 aliphatic rings. The molecule has 4 nitrogen and oxygen atoms in total. The number of piperidine rings is 1. The molecule has 2 aliphatic heterocycles. The summed E-state index contributed by atoms with van der Waals surface area (Å²) in [5.74, 6) is 0.141. The number of aliphatic hydroxyl groups excluding tert-OH is 1. The van der Waals surface area contributed by atoms with Crippen LogP contribution in [0.4, 0.5) is 0 Å². The fourth-order valence-electron chi connectivity index (χ4n) is 3.38. The molecule has 3 rings (SSSR count). The molecule has 0 aliphatic carbocycles. The Balaban J connectivity index is 1.56. The molecule has 0 aromatic carbocycles. The predicted molar refractivity (Wildman–Crippen MR) is 82.8 cm³/mol. The van der Waals surface area contributed by atoms with Crippen molar-refractivity contribution in [3.05, 3.63) is 21.9 Å². The van der Waals surface area contributed by atoms with E-state index in [9.17, 15) is 9.90 Å². The third-order valence-corrected chi connectivity index (χ3v) is 5.81. The molecule has 3 heterocycles. The number of likely N-dealkylation sites (tertiary alicyclic amines) is 1. The molecule has 0 amide bonds. The molecule has 0 bridgehead atoms. The van der Waals surface area contributed by atoms with E-state index in [0.29, 0.717) is 0 Å². The van der Waals surface area contributed by atoms with Gasteiger partial charge in [0.05, 0.1) is 16.6 Å². The standard InChI is InChI=1S/C16H23NO3S/c1-12(18)14-9-13(11-21-14)10-17-6-4-16(5-7-17)15(19)3-2-8-20-16/h9,11,15,19H,2-8,10H2,1H3. The van der Waals surface area contributed by atoms with Crippen LogP contribution in [0.15, 0.2) is 11.4 Å². The van der Waals surface area contributed by atoms with Gasteiger partial charge in [0.25, 0.3) is 0 Å². The van der Waals surface area contributed by atoms with Crippen molar-refractivity contribution >= 4 is 17.1 Å². The van der Waals surface area contributed by atoms with Crippen molar-refractivity contribution < 1.29 is 14.6 Å². The number of ketones is 1. The van der Waals surface area contributed by atoms with E-state index >= 15 is 0 Å². The van der Waals surface area contributed by atoms with E-state index in [0.717, 1.165) is 56.8 Å². The quantitative estimate of drug-likeness (QED) is 0.872. The molecule has 1 spiro atoms. The maximum Gasteiger partial charge on any atom is 0.169 e. The molecule has 2 fully saturated rings. The second-order valence-corrected chi connectivity index (χ2v) is 7.13. The highest BCUT2D eigenvalue weighted by Gasteiger charge is 2.43. The van der Waals surface area contributed by atoms with E-state index in [-0.39, 0.29) is 17.5 Å². The third kappa shape index (κ3) is 3.21. The number of ether oxygens (including phenoxy) is 1. The van der Waals surface area contributed by atoms with Crippen molar-refractivity contribution in [3.8, 4) is 0 Å². The number of rotatable bonds is 3. The second kappa shape index (κ2) is 6.16. The lowest BCUT2D eigenvalue weighted by molar-refractivity contribution is -0.177. The summed E-state index contributed by atoms with van der Waals surface area (Å²) < 4.78 is 5.93. The lowest BCUT2D eigenvalue weighted by atomic mass is 9.82. The average Bonchev–Trinajstić information content (AvgIpc) is 2.94. The highest BCUT2D eigenvalue weighted by molar-refractivity contribution is 7.12. The van der Waals surface area contributed by atoms with E-state index in [4.69, 9.17) is 4.74 Å². The van der Waals surface area contributed by atoms with Gasteiger partial charge in [0.15, 0.2) is 5.78 Å². The first-order valence-corrected chi connectivity index (χ1v) is 8.60. The van der Waals surface area contributed by atoms with Gasteiger partial charge in [-0.1, -0.05) is 0 Å². The molecule has 1 aromatic heterocycles. The van der Waals surface area contributed by atoms with Crippen molar-refractivity contribution in [2.45, 2.75) is 50.9 Å². The normalized spacial score (nSPS) is 26.1. The van der Waals surface area contributed by atoms with E-state index in [1.165, 1.54) is 16.9 Å². The van der Waals surface area contributed by atoms with E-state index in [1.807, 2.05) is 6.07 Å². The van der Waals surface area contributed by atoms with Crippen LogP contribution in [0, 0.1) is 0 Å².